The lowest BCUT2D eigenvalue weighted by molar-refractivity contribution is -0.243. The number of nitrogens with zero attached hydrogens (tertiary/aromatic N) is 2. The molecule has 1 aromatic rings. The van der Waals surface area contributed by atoms with Crippen LogP contribution in [0.25, 0.3) is 0 Å². The largest absolute Gasteiger partial charge is 0.467 e. The molecule has 1 aliphatic heterocycles. The molecule has 2 rings (SSSR count). The zero-order chi connectivity index (χ0) is 21.6. The number of amides is 1. The Morgan fingerprint density at radius 3 is 2.24 bits per heavy atom. The summed E-state index contributed by atoms with van der Waals surface area (Å²) in [5.74, 6) is 1.53. The van der Waals surface area contributed by atoms with Gasteiger partial charge in [0.2, 0.25) is 0 Å². The first-order valence-electron chi connectivity index (χ1n) is 9.62. The van der Waals surface area contributed by atoms with Crippen LogP contribution in [-0.2, 0) is 30.4 Å². The lowest BCUT2D eigenvalue weighted by Crippen LogP contribution is -2.62. The first-order valence-corrected chi connectivity index (χ1v) is 9.62. The molecule has 0 spiro atoms. The lowest BCUT2D eigenvalue weighted by Gasteiger charge is -2.44. The van der Waals surface area contributed by atoms with Crippen molar-refractivity contribution in [2.24, 2.45) is 0 Å². The van der Waals surface area contributed by atoms with E-state index in [0.29, 0.717) is 25.9 Å². The van der Waals surface area contributed by atoms with Gasteiger partial charge in [0, 0.05) is 13.1 Å². The van der Waals surface area contributed by atoms with Gasteiger partial charge in [0.15, 0.2) is 5.54 Å². The number of benzene rings is 1. The van der Waals surface area contributed by atoms with E-state index in [1.807, 2.05) is 32.9 Å². The van der Waals surface area contributed by atoms with E-state index in [-0.39, 0.29) is 18.9 Å². The number of terminal acetylenes is 1. The molecular weight excluding hydrogens is 372 g/mol. The van der Waals surface area contributed by atoms with Crippen LogP contribution in [0.2, 0.25) is 0 Å². The van der Waals surface area contributed by atoms with Crippen molar-refractivity contribution in [3.8, 4) is 12.3 Å². The van der Waals surface area contributed by atoms with E-state index in [1.54, 1.807) is 12.2 Å². The molecule has 29 heavy (non-hydrogen) atoms. The van der Waals surface area contributed by atoms with Gasteiger partial charge in [-0.1, -0.05) is 23.6 Å². The smallest absolute Gasteiger partial charge is 0.334 e. The number of methoxy groups -OCH3 is 1. The highest BCUT2D eigenvalue weighted by Crippen LogP contribution is 2.32. The van der Waals surface area contributed by atoms with Gasteiger partial charge in [0.1, 0.15) is 6.61 Å². The zero-order valence-electron chi connectivity index (χ0n) is 17.9. The molecule has 1 saturated heterocycles. The van der Waals surface area contributed by atoms with E-state index in [9.17, 15) is 9.59 Å². The number of hydrogen-bond acceptors (Lipinski definition) is 6. The highest BCUT2D eigenvalue weighted by atomic mass is 16.7. The molecule has 0 N–H and O–H groups in total. The third kappa shape index (κ3) is 4.96. The Morgan fingerprint density at radius 2 is 1.76 bits per heavy atom. The summed E-state index contributed by atoms with van der Waals surface area (Å²) in [5.41, 5.74) is 2.85. The molecule has 1 heterocycles. The molecule has 0 bridgehead atoms. The minimum Gasteiger partial charge on any atom is -0.467 e. The van der Waals surface area contributed by atoms with Gasteiger partial charge in [0.25, 0.3) is 5.91 Å². The molecule has 1 amide bonds. The van der Waals surface area contributed by atoms with Crippen LogP contribution in [0.1, 0.15) is 35.1 Å². The Balaban J connectivity index is 2.39. The van der Waals surface area contributed by atoms with E-state index in [0.717, 1.165) is 27.3 Å². The molecule has 0 unspecified atom stereocenters. The van der Waals surface area contributed by atoms with Crippen LogP contribution in [-0.4, -0.2) is 61.5 Å². The van der Waals surface area contributed by atoms with Crippen LogP contribution < -0.4 is 0 Å². The van der Waals surface area contributed by atoms with Gasteiger partial charge < -0.3 is 9.57 Å². The number of carbonyl (C=O) groups excluding carboxylic acids is 2. The second-order valence-corrected chi connectivity index (χ2v) is 7.35. The van der Waals surface area contributed by atoms with Crippen LogP contribution in [0, 0.1) is 33.1 Å². The highest BCUT2D eigenvalue weighted by Gasteiger charge is 2.51. The molecule has 0 atom stereocenters. The molecule has 158 valence electrons. The Bertz CT molecular complexity index is 768. The van der Waals surface area contributed by atoms with Gasteiger partial charge >= 0.3 is 5.97 Å². The summed E-state index contributed by atoms with van der Waals surface area (Å²) in [6.07, 6.45) is 6.10. The number of carbonyl (C=O) groups is 2. The van der Waals surface area contributed by atoms with Gasteiger partial charge in [-0.25, -0.2) is 9.86 Å². The molecule has 0 radical (unpaired) electrons. The van der Waals surface area contributed by atoms with Crippen LogP contribution in [0.3, 0.4) is 0 Å². The Kier molecular flexibility index (Phi) is 7.80. The van der Waals surface area contributed by atoms with Crippen LogP contribution in [0.5, 0.6) is 0 Å². The van der Waals surface area contributed by atoms with Gasteiger partial charge in [-0.05, 0) is 50.3 Å². The van der Waals surface area contributed by atoms with E-state index in [1.165, 1.54) is 7.11 Å². The summed E-state index contributed by atoms with van der Waals surface area (Å²) in [7, 11) is 2.89. The summed E-state index contributed by atoms with van der Waals surface area (Å²) in [6.45, 7) is 6.76. The molecule has 0 saturated carbocycles. The predicted molar refractivity (Wildman–Crippen MR) is 109 cm³/mol. The first kappa shape index (κ1) is 22.9. The van der Waals surface area contributed by atoms with Gasteiger partial charge in [-0.3, -0.25) is 9.63 Å². The maximum absolute atomic E-state index is 13.4. The number of aryl methyl sites for hydroxylation is 3. The molecule has 1 aliphatic rings. The van der Waals surface area contributed by atoms with Crippen molar-refractivity contribution in [2.45, 2.75) is 45.6 Å². The second-order valence-electron chi connectivity index (χ2n) is 7.35. The molecule has 0 aliphatic carbocycles. The molecule has 1 fully saturated rings. The highest BCUT2D eigenvalue weighted by molar-refractivity contribution is 5.88. The Hall–Kier alpha value is -2.40. The normalized spacial score (nSPS) is 16.1. The minimum atomic E-state index is -1.25. The van der Waals surface area contributed by atoms with Crippen molar-refractivity contribution in [1.29, 1.82) is 0 Å². The van der Waals surface area contributed by atoms with Crippen molar-refractivity contribution in [1.82, 2.24) is 10.1 Å². The number of hydrogen-bond donors (Lipinski definition) is 0. The number of rotatable bonds is 7. The third-order valence-corrected chi connectivity index (χ3v) is 5.43. The van der Waals surface area contributed by atoms with Gasteiger partial charge in [-0.15, -0.1) is 6.42 Å². The summed E-state index contributed by atoms with van der Waals surface area (Å²) < 4.78 is 5.06. The van der Waals surface area contributed by atoms with Crippen molar-refractivity contribution in [3.63, 3.8) is 0 Å². The maximum atomic E-state index is 13.4. The fraction of sp³-hybridized carbons (Fsp3) is 0.545. The average Bonchev–Trinajstić information content (AvgIpc) is 2.70. The molecule has 0 aromatic heterocycles. The SMILES string of the molecule is C#CCON(C(=O)Cc1c(C)cc(C)cc1C)C1(C(=O)OC)CCN(OC)CC1. The minimum absolute atomic E-state index is 0.106. The number of ether oxygens (including phenoxy) is 1. The standard InChI is InChI=1S/C22H30N2O5/c1-7-12-29-24(20(25)15-19-17(3)13-16(2)14-18(19)4)22(21(26)27-5)8-10-23(28-6)11-9-22/h1,13-14H,8-12,15H2,2-6H3. The third-order valence-electron chi connectivity index (χ3n) is 5.43. The first-order chi connectivity index (χ1) is 13.8. The maximum Gasteiger partial charge on any atom is 0.334 e. The topological polar surface area (TPSA) is 68.3 Å². The Labute approximate surface area is 172 Å². The van der Waals surface area contributed by atoms with E-state index in [2.05, 4.69) is 5.92 Å². The summed E-state index contributed by atoms with van der Waals surface area (Å²) in [6, 6.07) is 4.07. The fourth-order valence-corrected chi connectivity index (χ4v) is 3.97. The van der Waals surface area contributed by atoms with Crippen LogP contribution in [0.15, 0.2) is 12.1 Å². The number of hydroxylamine groups is 4. The summed E-state index contributed by atoms with van der Waals surface area (Å²) >= 11 is 0. The average molecular weight is 402 g/mol. The van der Waals surface area contributed by atoms with Crippen molar-refractivity contribution < 1.29 is 24.0 Å². The van der Waals surface area contributed by atoms with Crippen molar-refractivity contribution >= 4 is 11.9 Å². The van der Waals surface area contributed by atoms with E-state index >= 15 is 0 Å². The van der Waals surface area contributed by atoms with Crippen LogP contribution >= 0.6 is 0 Å². The van der Waals surface area contributed by atoms with Gasteiger partial charge in [-0.2, -0.15) is 5.06 Å². The van der Waals surface area contributed by atoms with Crippen molar-refractivity contribution in [2.75, 3.05) is 33.9 Å². The second kappa shape index (κ2) is 9.88. The predicted octanol–water partition coefficient (Wildman–Crippen LogP) is 2.12. The molecule has 1 aromatic carbocycles. The van der Waals surface area contributed by atoms with Crippen molar-refractivity contribution in [3.05, 3.63) is 34.4 Å². The number of esters is 1. The van der Waals surface area contributed by atoms with E-state index in [4.69, 9.17) is 20.8 Å². The molecular formula is C22H30N2O5. The quantitative estimate of drug-likeness (QED) is 0.395. The summed E-state index contributed by atoms with van der Waals surface area (Å²) in [5, 5.41) is 2.89. The van der Waals surface area contributed by atoms with Crippen LogP contribution in [0.4, 0.5) is 0 Å². The monoisotopic (exact) mass is 402 g/mol. The fourth-order valence-electron chi connectivity index (χ4n) is 3.97. The Morgan fingerprint density at radius 1 is 1.17 bits per heavy atom. The zero-order valence-corrected chi connectivity index (χ0v) is 17.9. The van der Waals surface area contributed by atoms with E-state index < -0.39 is 11.5 Å². The molecule has 7 heteroatoms. The summed E-state index contributed by atoms with van der Waals surface area (Å²) in [4.78, 5) is 37.1. The molecule has 7 nitrogen and oxygen atoms in total. The van der Waals surface area contributed by atoms with Gasteiger partial charge in [0.05, 0.1) is 20.6 Å². The number of piperidine rings is 1. The lowest BCUT2D eigenvalue weighted by atomic mass is 9.86.